The average Bonchev–Trinajstić information content (AvgIpc) is 3.10. The standard InChI is InChI=1S/C15H19N3O4S/c1-20-7-6-18(10-11-5-4-8-23-11)14(19)12-9-13(21-2)17-15(16-12)22-3/h4-5,8-9H,6-7,10H2,1-3H3. The number of carbonyl (C=O) groups is 1. The van der Waals surface area contributed by atoms with Crippen molar-refractivity contribution in [2.45, 2.75) is 6.54 Å². The van der Waals surface area contributed by atoms with E-state index in [1.54, 1.807) is 23.3 Å². The zero-order valence-corrected chi connectivity index (χ0v) is 14.1. The van der Waals surface area contributed by atoms with Crippen molar-refractivity contribution in [1.82, 2.24) is 14.9 Å². The highest BCUT2D eigenvalue weighted by atomic mass is 32.1. The summed E-state index contributed by atoms with van der Waals surface area (Å²) >= 11 is 1.60. The Morgan fingerprint density at radius 1 is 1.26 bits per heavy atom. The monoisotopic (exact) mass is 337 g/mol. The molecule has 0 aliphatic rings. The zero-order chi connectivity index (χ0) is 16.7. The maximum atomic E-state index is 12.8. The van der Waals surface area contributed by atoms with Gasteiger partial charge in [-0.2, -0.15) is 9.97 Å². The first-order chi connectivity index (χ1) is 11.2. The molecule has 0 unspecified atom stereocenters. The molecule has 2 rings (SSSR count). The Labute approximate surface area is 138 Å². The number of aromatic nitrogens is 2. The summed E-state index contributed by atoms with van der Waals surface area (Å²) in [4.78, 5) is 23.7. The highest BCUT2D eigenvalue weighted by molar-refractivity contribution is 7.09. The molecule has 2 heterocycles. The SMILES string of the molecule is COCCN(Cc1cccs1)C(=O)c1cc(OC)nc(OC)n1. The first-order valence-electron chi connectivity index (χ1n) is 6.95. The summed E-state index contributed by atoms with van der Waals surface area (Å²) in [5, 5.41) is 1.98. The van der Waals surface area contributed by atoms with Crippen LogP contribution in [0.15, 0.2) is 23.6 Å². The topological polar surface area (TPSA) is 73.8 Å². The first-order valence-corrected chi connectivity index (χ1v) is 7.83. The lowest BCUT2D eigenvalue weighted by Gasteiger charge is -2.21. The molecular weight excluding hydrogens is 318 g/mol. The van der Waals surface area contributed by atoms with Crippen LogP contribution in [0.1, 0.15) is 15.4 Å². The van der Waals surface area contributed by atoms with Gasteiger partial charge in [-0.15, -0.1) is 11.3 Å². The van der Waals surface area contributed by atoms with Gasteiger partial charge >= 0.3 is 6.01 Å². The molecular formula is C15H19N3O4S. The molecule has 0 saturated heterocycles. The van der Waals surface area contributed by atoms with Crippen LogP contribution in [0.25, 0.3) is 0 Å². The van der Waals surface area contributed by atoms with Gasteiger partial charge in [-0.05, 0) is 11.4 Å². The Morgan fingerprint density at radius 3 is 2.70 bits per heavy atom. The van der Waals surface area contributed by atoms with Crippen LogP contribution in [-0.4, -0.2) is 55.3 Å². The second kappa shape index (κ2) is 8.44. The van der Waals surface area contributed by atoms with Gasteiger partial charge in [-0.25, -0.2) is 0 Å². The van der Waals surface area contributed by atoms with Crippen LogP contribution >= 0.6 is 11.3 Å². The van der Waals surface area contributed by atoms with Crippen molar-refractivity contribution in [3.63, 3.8) is 0 Å². The number of ether oxygens (including phenoxy) is 3. The van der Waals surface area contributed by atoms with Crippen LogP contribution in [0, 0.1) is 0 Å². The lowest BCUT2D eigenvalue weighted by molar-refractivity contribution is 0.0675. The molecule has 2 aromatic heterocycles. The van der Waals surface area contributed by atoms with Gasteiger partial charge in [0.15, 0.2) is 0 Å². The van der Waals surface area contributed by atoms with Crippen molar-refractivity contribution in [2.24, 2.45) is 0 Å². The lowest BCUT2D eigenvalue weighted by atomic mass is 10.3. The second-order valence-corrected chi connectivity index (χ2v) is 5.61. The van der Waals surface area contributed by atoms with Crippen molar-refractivity contribution >= 4 is 17.2 Å². The van der Waals surface area contributed by atoms with Gasteiger partial charge in [0, 0.05) is 24.6 Å². The molecule has 0 aromatic carbocycles. The van der Waals surface area contributed by atoms with Crippen molar-refractivity contribution in [3.05, 3.63) is 34.2 Å². The number of amides is 1. The van der Waals surface area contributed by atoms with E-state index in [1.807, 2.05) is 17.5 Å². The third-order valence-corrected chi connectivity index (χ3v) is 3.93. The molecule has 0 atom stereocenters. The molecule has 0 aliphatic carbocycles. The van der Waals surface area contributed by atoms with Gasteiger partial charge in [0.1, 0.15) is 5.69 Å². The van der Waals surface area contributed by atoms with E-state index in [1.165, 1.54) is 20.3 Å². The zero-order valence-electron chi connectivity index (χ0n) is 13.3. The Bertz CT molecular complexity index is 611. The Balaban J connectivity index is 2.24. The van der Waals surface area contributed by atoms with Crippen molar-refractivity contribution in [2.75, 3.05) is 34.5 Å². The number of hydrogen-bond acceptors (Lipinski definition) is 7. The van der Waals surface area contributed by atoms with Gasteiger partial charge in [0.25, 0.3) is 5.91 Å². The number of carbonyl (C=O) groups excluding carboxylic acids is 1. The van der Waals surface area contributed by atoms with Gasteiger partial charge in [-0.1, -0.05) is 6.07 Å². The number of hydrogen-bond donors (Lipinski definition) is 0. The first kappa shape index (κ1) is 17.2. The van der Waals surface area contributed by atoms with E-state index in [0.717, 1.165) is 4.88 Å². The Kier molecular flexibility index (Phi) is 6.30. The smallest absolute Gasteiger partial charge is 0.320 e. The minimum Gasteiger partial charge on any atom is -0.481 e. The predicted molar refractivity (Wildman–Crippen MR) is 86.1 cm³/mol. The Morgan fingerprint density at radius 2 is 2.09 bits per heavy atom. The van der Waals surface area contributed by atoms with Crippen molar-refractivity contribution in [1.29, 1.82) is 0 Å². The molecule has 1 amide bonds. The fourth-order valence-corrected chi connectivity index (χ4v) is 2.64. The molecule has 8 heteroatoms. The normalized spacial score (nSPS) is 10.4. The van der Waals surface area contributed by atoms with Crippen LogP contribution in [0.2, 0.25) is 0 Å². The molecule has 0 bridgehead atoms. The maximum absolute atomic E-state index is 12.8. The fourth-order valence-electron chi connectivity index (χ4n) is 1.92. The third kappa shape index (κ3) is 4.64. The molecule has 0 spiro atoms. The van der Waals surface area contributed by atoms with Crippen molar-refractivity contribution < 1.29 is 19.0 Å². The number of methoxy groups -OCH3 is 3. The van der Waals surface area contributed by atoms with E-state index >= 15 is 0 Å². The molecule has 124 valence electrons. The van der Waals surface area contributed by atoms with Gasteiger partial charge in [0.05, 0.1) is 27.4 Å². The quantitative estimate of drug-likeness (QED) is 0.732. The maximum Gasteiger partial charge on any atom is 0.320 e. The van der Waals surface area contributed by atoms with Gasteiger partial charge < -0.3 is 19.1 Å². The largest absolute Gasteiger partial charge is 0.481 e. The molecule has 23 heavy (non-hydrogen) atoms. The summed E-state index contributed by atoms with van der Waals surface area (Å²) in [5.41, 5.74) is 0.223. The molecule has 0 N–H and O–H groups in total. The molecule has 0 radical (unpaired) electrons. The summed E-state index contributed by atoms with van der Waals surface area (Å²) in [6, 6.07) is 5.53. The fraction of sp³-hybridized carbons (Fsp3) is 0.400. The molecule has 0 saturated carbocycles. The molecule has 2 aromatic rings. The molecule has 0 fully saturated rings. The van der Waals surface area contributed by atoms with Crippen LogP contribution in [0.3, 0.4) is 0 Å². The van der Waals surface area contributed by atoms with E-state index in [9.17, 15) is 4.79 Å². The minimum atomic E-state index is -0.227. The third-order valence-electron chi connectivity index (χ3n) is 3.07. The molecule has 0 aliphatic heterocycles. The van der Waals surface area contributed by atoms with E-state index in [4.69, 9.17) is 14.2 Å². The van der Waals surface area contributed by atoms with E-state index in [-0.39, 0.29) is 23.5 Å². The number of rotatable bonds is 8. The van der Waals surface area contributed by atoms with Gasteiger partial charge in [-0.3, -0.25) is 4.79 Å². The van der Waals surface area contributed by atoms with Crippen molar-refractivity contribution in [3.8, 4) is 11.9 Å². The Hall–Kier alpha value is -2.19. The average molecular weight is 337 g/mol. The summed E-state index contributed by atoms with van der Waals surface area (Å²) in [6.07, 6.45) is 0. The number of nitrogens with zero attached hydrogens (tertiary/aromatic N) is 3. The van der Waals surface area contributed by atoms with E-state index < -0.39 is 0 Å². The second-order valence-electron chi connectivity index (χ2n) is 4.58. The van der Waals surface area contributed by atoms with Crippen LogP contribution < -0.4 is 9.47 Å². The highest BCUT2D eigenvalue weighted by Gasteiger charge is 2.20. The molecule has 7 nitrogen and oxygen atoms in total. The summed E-state index contributed by atoms with van der Waals surface area (Å²) in [7, 11) is 4.52. The predicted octanol–water partition coefficient (Wildman–Crippen LogP) is 1.84. The van der Waals surface area contributed by atoms with Crippen LogP contribution in [-0.2, 0) is 11.3 Å². The van der Waals surface area contributed by atoms with Crippen LogP contribution in [0.5, 0.6) is 11.9 Å². The lowest BCUT2D eigenvalue weighted by Crippen LogP contribution is -2.33. The summed E-state index contributed by atoms with van der Waals surface area (Å²) in [5.74, 6) is 0.0532. The van der Waals surface area contributed by atoms with E-state index in [2.05, 4.69) is 9.97 Å². The minimum absolute atomic E-state index is 0.0931. The van der Waals surface area contributed by atoms with Gasteiger partial charge in [0.2, 0.25) is 5.88 Å². The van der Waals surface area contributed by atoms with E-state index in [0.29, 0.717) is 19.7 Å². The summed E-state index contributed by atoms with van der Waals surface area (Å²) < 4.78 is 15.2. The van der Waals surface area contributed by atoms with Crippen LogP contribution in [0.4, 0.5) is 0 Å². The highest BCUT2D eigenvalue weighted by Crippen LogP contribution is 2.17. The summed E-state index contributed by atoms with van der Waals surface area (Å²) in [6.45, 7) is 1.40. The number of thiophene rings is 1.